The molecule has 2 N–H and O–H groups in total. The van der Waals surface area contributed by atoms with Crippen LogP contribution in [0, 0.1) is 6.92 Å². The zero-order valence-corrected chi connectivity index (χ0v) is 16.9. The molecule has 1 aromatic rings. The SMILES string of the molecule is Cc1c(N2CCOCC2)ccc(CC(NC(=O)OC(C)(C)C)C(=O)O)c1Cl. The third kappa shape index (κ3) is 6.01. The summed E-state index contributed by atoms with van der Waals surface area (Å²) >= 11 is 6.51. The van der Waals surface area contributed by atoms with Crippen LogP contribution in [0.1, 0.15) is 31.9 Å². The van der Waals surface area contributed by atoms with Crippen molar-refractivity contribution in [3.8, 4) is 0 Å². The van der Waals surface area contributed by atoms with E-state index in [1.54, 1.807) is 20.8 Å². The number of amides is 1. The van der Waals surface area contributed by atoms with Crippen LogP contribution in [0.15, 0.2) is 12.1 Å². The summed E-state index contributed by atoms with van der Waals surface area (Å²) in [7, 11) is 0. The van der Waals surface area contributed by atoms with Gasteiger partial charge in [0.2, 0.25) is 0 Å². The van der Waals surface area contributed by atoms with Crippen LogP contribution < -0.4 is 10.2 Å². The maximum Gasteiger partial charge on any atom is 0.408 e. The predicted molar refractivity (Wildman–Crippen MR) is 104 cm³/mol. The van der Waals surface area contributed by atoms with Gasteiger partial charge in [-0.2, -0.15) is 0 Å². The Morgan fingerprint density at radius 1 is 1.33 bits per heavy atom. The fourth-order valence-corrected chi connectivity index (χ4v) is 3.14. The van der Waals surface area contributed by atoms with Gasteiger partial charge in [-0.05, 0) is 44.9 Å². The fourth-order valence-electron chi connectivity index (χ4n) is 2.91. The minimum Gasteiger partial charge on any atom is -0.480 e. The molecule has 8 heteroatoms. The molecule has 1 amide bonds. The number of anilines is 1. The zero-order valence-electron chi connectivity index (χ0n) is 16.2. The second-order valence-electron chi connectivity index (χ2n) is 7.52. The van der Waals surface area contributed by atoms with Gasteiger partial charge >= 0.3 is 12.1 Å². The van der Waals surface area contributed by atoms with E-state index in [1.165, 1.54) is 0 Å². The fraction of sp³-hybridized carbons (Fsp3) is 0.579. The smallest absolute Gasteiger partial charge is 0.408 e. The van der Waals surface area contributed by atoms with E-state index in [1.807, 2.05) is 19.1 Å². The molecule has 0 aliphatic carbocycles. The number of carbonyl (C=O) groups excluding carboxylic acids is 1. The summed E-state index contributed by atoms with van der Waals surface area (Å²) in [5.74, 6) is -1.15. The first kappa shape index (κ1) is 21.3. The van der Waals surface area contributed by atoms with Crippen molar-refractivity contribution in [3.05, 3.63) is 28.3 Å². The Morgan fingerprint density at radius 3 is 2.52 bits per heavy atom. The first-order valence-electron chi connectivity index (χ1n) is 8.91. The van der Waals surface area contributed by atoms with Crippen molar-refractivity contribution in [3.63, 3.8) is 0 Å². The number of hydrogen-bond acceptors (Lipinski definition) is 5. The van der Waals surface area contributed by atoms with E-state index in [0.717, 1.165) is 24.3 Å². The van der Waals surface area contributed by atoms with Crippen molar-refractivity contribution in [2.75, 3.05) is 31.2 Å². The Bertz CT molecular complexity index is 696. The van der Waals surface area contributed by atoms with Gasteiger partial charge in [0, 0.05) is 30.2 Å². The van der Waals surface area contributed by atoms with Crippen LogP contribution in [0.25, 0.3) is 0 Å². The Balaban J connectivity index is 2.14. The van der Waals surface area contributed by atoms with Crippen LogP contribution >= 0.6 is 11.6 Å². The summed E-state index contributed by atoms with van der Waals surface area (Å²) in [6.07, 6.45) is -0.704. The second kappa shape index (κ2) is 8.80. The Labute approximate surface area is 164 Å². The number of carboxylic acids is 1. The van der Waals surface area contributed by atoms with Crippen molar-refractivity contribution < 1.29 is 24.2 Å². The van der Waals surface area contributed by atoms with Crippen LogP contribution in [0.5, 0.6) is 0 Å². The summed E-state index contributed by atoms with van der Waals surface area (Å²) in [6.45, 7) is 9.96. The molecule has 1 saturated heterocycles. The third-order valence-corrected chi connectivity index (χ3v) is 4.73. The highest BCUT2D eigenvalue weighted by atomic mass is 35.5. The van der Waals surface area contributed by atoms with E-state index in [4.69, 9.17) is 21.1 Å². The molecule has 7 nitrogen and oxygen atoms in total. The van der Waals surface area contributed by atoms with Crippen molar-refractivity contribution in [1.82, 2.24) is 5.32 Å². The summed E-state index contributed by atoms with van der Waals surface area (Å²) in [5, 5.41) is 12.4. The largest absolute Gasteiger partial charge is 0.480 e. The number of aliphatic carboxylic acids is 1. The van der Waals surface area contributed by atoms with Gasteiger partial charge < -0.3 is 24.8 Å². The van der Waals surface area contributed by atoms with Gasteiger partial charge in [0.1, 0.15) is 11.6 Å². The number of hydrogen-bond donors (Lipinski definition) is 2. The van der Waals surface area contributed by atoms with E-state index in [2.05, 4.69) is 10.2 Å². The van der Waals surface area contributed by atoms with E-state index in [-0.39, 0.29) is 6.42 Å². The lowest BCUT2D eigenvalue weighted by atomic mass is 10.0. The molecule has 0 radical (unpaired) electrons. The zero-order chi connectivity index (χ0) is 20.2. The summed E-state index contributed by atoms with van der Waals surface area (Å²) in [6, 6.07) is 2.62. The average molecular weight is 399 g/mol. The normalized spacial score (nSPS) is 16.0. The lowest BCUT2D eigenvalue weighted by Gasteiger charge is -2.31. The monoisotopic (exact) mass is 398 g/mol. The van der Waals surface area contributed by atoms with Gasteiger partial charge in [-0.3, -0.25) is 0 Å². The van der Waals surface area contributed by atoms with Crippen LogP contribution in [0.4, 0.5) is 10.5 Å². The van der Waals surface area contributed by atoms with Crippen molar-refractivity contribution in [1.29, 1.82) is 0 Å². The molecule has 1 aliphatic heterocycles. The minimum absolute atomic E-state index is 0.0671. The molecule has 1 unspecified atom stereocenters. The number of benzene rings is 1. The highest BCUT2D eigenvalue weighted by Gasteiger charge is 2.26. The molecule has 0 saturated carbocycles. The summed E-state index contributed by atoms with van der Waals surface area (Å²) in [5.41, 5.74) is 1.85. The van der Waals surface area contributed by atoms with Gasteiger partial charge in [0.25, 0.3) is 0 Å². The van der Waals surface area contributed by atoms with E-state index in [0.29, 0.717) is 23.8 Å². The number of ether oxygens (including phenoxy) is 2. The summed E-state index contributed by atoms with van der Waals surface area (Å²) < 4.78 is 10.5. The van der Waals surface area contributed by atoms with Crippen molar-refractivity contribution in [2.45, 2.75) is 45.8 Å². The Hall–Kier alpha value is -1.99. The number of nitrogens with zero attached hydrogens (tertiary/aromatic N) is 1. The predicted octanol–water partition coefficient (Wildman–Crippen LogP) is 3.01. The van der Waals surface area contributed by atoms with E-state index < -0.39 is 23.7 Å². The number of nitrogens with one attached hydrogen (secondary N) is 1. The molecule has 0 bridgehead atoms. The first-order valence-corrected chi connectivity index (χ1v) is 9.29. The number of alkyl carbamates (subject to hydrolysis) is 1. The van der Waals surface area contributed by atoms with Crippen molar-refractivity contribution >= 4 is 29.4 Å². The molecular formula is C19H27ClN2O5. The van der Waals surface area contributed by atoms with Crippen LogP contribution in [0.3, 0.4) is 0 Å². The molecule has 150 valence electrons. The molecule has 27 heavy (non-hydrogen) atoms. The Morgan fingerprint density at radius 2 is 1.96 bits per heavy atom. The molecule has 0 aromatic heterocycles. The summed E-state index contributed by atoms with van der Waals surface area (Å²) in [4.78, 5) is 25.7. The number of carbonyl (C=O) groups is 2. The van der Waals surface area contributed by atoms with Gasteiger partial charge in [0.15, 0.2) is 0 Å². The third-order valence-electron chi connectivity index (χ3n) is 4.20. The molecule has 2 rings (SSSR count). The second-order valence-corrected chi connectivity index (χ2v) is 7.90. The maximum atomic E-state index is 11.9. The topological polar surface area (TPSA) is 88.1 Å². The minimum atomic E-state index is -1.15. The van der Waals surface area contributed by atoms with Crippen LogP contribution in [-0.2, 0) is 20.7 Å². The van der Waals surface area contributed by atoms with Crippen molar-refractivity contribution in [2.24, 2.45) is 0 Å². The maximum absolute atomic E-state index is 11.9. The first-order chi connectivity index (χ1) is 12.6. The molecule has 1 heterocycles. The van der Waals surface area contributed by atoms with Gasteiger partial charge in [0.05, 0.1) is 13.2 Å². The number of carboxylic acid groups (broad SMARTS) is 1. The molecule has 0 spiro atoms. The molecule has 1 fully saturated rings. The quantitative estimate of drug-likeness (QED) is 0.792. The lowest BCUT2D eigenvalue weighted by molar-refractivity contribution is -0.139. The molecule has 1 aliphatic rings. The lowest BCUT2D eigenvalue weighted by Crippen LogP contribution is -2.44. The standard InChI is InChI=1S/C19H27ClN2O5/c1-12-15(22-7-9-26-10-8-22)6-5-13(16(12)20)11-14(17(23)24)21-18(25)27-19(2,3)4/h5-6,14H,7-11H2,1-4H3,(H,21,25)(H,23,24). The van der Waals surface area contributed by atoms with Gasteiger partial charge in [-0.25, -0.2) is 9.59 Å². The highest BCUT2D eigenvalue weighted by Crippen LogP contribution is 2.31. The van der Waals surface area contributed by atoms with E-state index in [9.17, 15) is 14.7 Å². The number of halogens is 1. The number of rotatable bonds is 5. The highest BCUT2D eigenvalue weighted by molar-refractivity contribution is 6.32. The van der Waals surface area contributed by atoms with E-state index >= 15 is 0 Å². The number of morpholine rings is 1. The van der Waals surface area contributed by atoms with Gasteiger partial charge in [-0.15, -0.1) is 0 Å². The van der Waals surface area contributed by atoms with Gasteiger partial charge in [-0.1, -0.05) is 17.7 Å². The van der Waals surface area contributed by atoms with Crippen LogP contribution in [0.2, 0.25) is 5.02 Å². The average Bonchev–Trinajstić information content (AvgIpc) is 2.57. The molecular weight excluding hydrogens is 372 g/mol. The molecule has 1 atom stereocenters. The molecule has 1 aromatic carbocycles. The Kier molecular flexibility index (Phi) is 6.95. The van der Waals surface area contributed by atoms with Crippen LogP contribution in [-0.4, -0.2) is 55.1 Å².